The van der Waals surface area contributed by atoms with Crippen molar-refractivity contribution in [3.63, 3.8) is 0 Å². The first-order valence-electron chi connectivity index (χ1n) is 7.56. The van der Waals surface area contributed by atoms with E-state index in [1.807, 2.05) is 30.3 Å². The Kier molecular flexibility index (Phi) is 3.69. The van der Waals surface area contributed by atoms with Crippen molar-refractivity contribution in [1.82, 2.24) is 0 Å². The Bertz CT molecular complexity index is 440. The summed E-state index contributed by atoms with van der Waals surface area (Å²) in [6.45, 7) is 0. The number of hydrogen-bond acceptors (Lipinski definition) is 2. The van der Waals surface area contributed by atoms with Gasteiger partial charge in [0.25, 0.3) is 0 Å². The number of rotatable bonds is 6. The number of hydrogen-bond donors (Lipinski definition) is 0. The first-order chi connectivity index (χ1) is 9.30. The van der Waals surface area contributed by atoms with Crippen LogP contribution in [0.4, 0.5) is 0 Å². The van der Waals surface area contributed by atoms with Gasteiger partial charge >= 0.3 is 0 Å². The highest BCUT2D eigenvalue weighted by molar-refractivity contribution is 5.95. The lowest BCUT2D eigenvalue weighted by molar-refractivity contribution is 0.0978. The number of benzene rings is 1. The third-order valence-corrected chi connectivity index (χ3v) is 4.57. The quantitative estimate of drug-likeness (QED) is 0.436. The maximum absolute atomic E-state index is 12.0. The second-order valence-electron chi connectivity index (χ2n) is 5.91. The van der Waals surface area contributed by atoms with Gasteiger partial charge in [-0.1, -0.05) is 49.6 Å². The Morgan fingerprint density at radius 2 is 2.05 bits per heavy atom. The van der Waals surface area contributed by atoms with E-state index >= 15 is 0 Å². The van der Waals surface area contributed by atoms with E-state index in [1.54, 1.807) is 0 Å². The third kappa shape index (κ3) is 2.89. The van der Waals surface area contributed by atoms with E-state index in [9.17, 15) is 4.79 Å². The molecule has 0 spiro atoms. The van der Waals surface area contributed by atoms with Gasteiger partial charge in [0.1, 0.15) is 0 Å². The average Bonchev–Trinajstić information content (AvgIpc) is 3.19. The maximum Gasteiger partial charge on any atom is 0.162 e. The van der Waals surface area contributed by atoms with Crippen molar-refractivity contribution in [2.24, 2.45) is 0 Å². The number of fused-ring (bicyclic) bond motifs is 1. The molecule has 102 valence electrons. The maximum atomic E-state index is 12.0. The van der Waals surface area contributed by atoms with E-state index in [0.29, 0.717) is 12.5 Å². The summed E-state index contributed by atoms with van der Waals surface area (Å²) in [6, 6.07) is 9.61. The van der Waals surface area contributed by atoms with Crippen LogP contribution in [0.25, 0.3) is 0 Å². The van der Waals surface area contributed by atoms with Crippen molar-refractivity contribution >= 4 is 5.78 Å². The third-order valence-electron chi connectivity index (χ3n) is 4.57. The Morgan fingerprint density at radius 3 is 2.84 bits per heavy atom. The number of epoxide rings is 1. The predicted octanol–water partition coefficient (Wildman–Crippen LogP) is 4.14. The molecule has 1 aliphatic carbocycles. The number of Topliss-reactive ketones (excluding diaryl/α,β-unsaturated/α-hetero) is 1. The van der Waals surface area contributed by atoms with Gasteiger partial charge in [-0.05, 0) is 25.7 Å². The lowest BCUT2D eigenvalue weighted by Gasteiger charge is -2.16. The Hall–Kier alpha value is -1.15. The molecule has 2 nitrogen and oxygen atoms in total. The molecule has 2 heteroatoms. The lowest BCUT2D eigenvalue weighted by Crippen LogP contribution is -2.19. The van der Waals surface area contributed by atoms with Crippen LogP contribution < -0.4 is 0 Å². The minimum atomic E-state index is 0.230. The number of ketones is 1. The van der Waals surface area contributed by atoms with Crippen LogP contribution in [0, 0.1) is 0 Å². The van der Waals surface area contributed by atoms with Crippen LogP contribution in [0.2, 0.25) is 0 Å². The van der Waals surface area contributed by atoms with Crippen molar-refractivity contribution in [1.29, 1.82) is 0 Å². The molecule has 0 N–H and O–H groups in total. The molecule has 1 aliphatic heterocycles. The minimum Gasteiger partial charge on any atom is -0.366 e. The van der Waals surface area contributed by atoms with Crippen LogP contribution in [0.3, 0.4) is 0 Å². The number of ether oxygens (including phenoxy) is 1. The second-order valence-corrected chi connectivity index (χ2v) is 5.91. The molecule has 1 saturated heterocycles. The van der Waals surface area contributed by atoms with Gasteiger partial charge in [-0.2, -0.15) is 0 Å². The highest BCUT2D eigenvalue weighted by Gasteiger charge is 2.55. The van der Waals surface area contributed by atoms with E-state index in [-0.39, 0.29) is 11.4 Å². The van der Waals surface area contributed by atoms with E-state index in [2.05, 4.69) is 0 Å². The van der Waals surface area contributed by atoms with Gasteiger partial charge in [0, 0.05) is 12.0 Å². The highest BCUT2D eigenvalue weighted by atomic mass is 16.6. The molecule has 2 atom stereocenters. The molecule has 1 aromatic rings. The molecule has 3 rings (SSSR count). The molecule has 1 saturated carbocycles. The van der Waals surface area contributed by atoms with Gasteiger partial charge in [0.05, 0.1) is 11.7 Å². The van der Waals surface area contributed by atoms with Gasteiger partial charge in [0.15, 0.2) is 5.78 Å². The van der Waals surface area contributed by atoms with Gasteiger partial charge < -0.3 is 4.74 Å². The summed E-state index contributed by atoms with van der Waals surface area (Å²) >= 11 is 0. The summed E-state index contributed by atoms with van der Waals surface area (Å²) in [6.07, 6.45) is 9.63. The fraction of sp³-hybridized carbons (Fsp3) is 0.588. The molecule has 1 aromatic carbocycles. The van der Waals surface area contributed by atoms with Gasteiger partial charge in [0.2, 0.25) is 0 Å². The Balaban J connectivity index is 1.39. The van der Waals surface area contributed by atoms with E-state index < -0.39 is 0 Å². The van der Waals surface area contributed by atoms with Crippen molar-refractivity contribution < 1.29 is 9.53 Å². The van der Waals surface area contributed by atoms with Crippen molar-refractivity contribution in [3.05, 3.63) is 35.9 Å². The Labute approximate surface area is 115 Å². The van der Waals surface area contributed by atoms with Gasteiger partial charge in [-0.15, -0.1) is 0 Å². The van der Waals surface area contributed by atoms with Crippen LogP contribution in [0.1, 0.15) is 61.7 Å². The van der Waals surface area contributed by atoms with E-state index in [4.69, 9.17) is 4.74 Å². The monoisotopic (exact) mass is 258 g/mol. The fourth-order valence-electron chi connectivity index (χ4n) is 3.37. The Morgan fingerprint density at radius 1 is 1.21 bits per heavy atom. The van der Waals surface area contributed by atoms with Crippen molar-refractivity contribution in [2.75, 3.05) is 0 Å². The zero-order chi connectivity index (χ0) is 13.1. The van der Waals surface area contributed by atoms with Crippen LogP contribution in [-0.4, -0.2) is 17.5 Å². The molecule has 19 heavy (non-hydrogen) atoms. The number of unbranched alkanes of at least 4 members (excludes halogenated alkanes) is 1. The molecular formula is C17H22O2. The van der Waals surface area contributed by atoms with Crippen molar-refractivity contribution in [2.45, 2.75) is 63.1 Å². The lowest BCUT2D eigenvalue weighted by atomic mass is 9.85. The van der Waals surface area contributed by atoms with Gasteiger partial charge in [-0.3, -0.25) is 4.79 Å². The molecule has 1 heterocycles. The van der Waals surface area contributed by atoms with Crippen LogP contribution >= 0.6 is 0 Å². The first kappa shape index (κ1) is 12.9. The molecule has 0 bridgehead atoms. The summed E-state index contributed by atoms with van der Waals surface area (Å²) in [5.74, 6) is 0.273. The normalized spacial score (nSPS) is 28.7. The van der Waals surface area contributed by atoms with Crippen molar-refractivity contribution in [3.8, 4) is 0 Å². The summed E-state index contributed by atoms with van der Waals surface area (Å²) in [4.78, 5) is 12.0. The zero-order valence-corrected chi connectivity index (χ0v) is 11.4. The van der Waals surface area contributed by atoms with Gasteiger partial charge in [-0.25, -0.2) is 0 Å². The van der Waals surface area contributed by atoms with Crippen LogP contribution in [0.5, 0.6) is 0 Å². The largest absolute Gasteiger partial charge is 0.366 e. The molecule has 0 radical (unpaired) electrons. The molecule has 0 amide bonds. The van der Waals surface area contributed by atoms with E-state index in [1.165, 1.54) is 25.7 Å². The highest BCUT2D eigenvalue weighted by Crippen LogP contribution is 2.50. The number of carbonyl (C=O) groups excluding carboxylic acids is 1. The van der Waals surface area contributed by atoms with Crippen LogP contribution in [0.15, 0.2) is 30.3 Å². The molecule has 2 aliphatic rings. The second kappa shape index (κ2) is 5.46. The minimum absolute atomic E-state index is 0.230. The summed E-state index contributed by atoms with van der Waals surface area (Å²) in [7, 11) is 0. The smallest absolute Gasteiger partial charge is 0.162 e. The first-order valence-corrected chi connectivity index (χ1v) is 7.56. The standard InChI is InChI=1S/C17H22O2/c18-15(14-8-2-1-3-9-14)10-4-6-12-17-13-7-5-11-16(17)19-17/h1-3,8-9,16H,4-7,10-13H2/t16-,17+/m1/s1. The molecular weight excluding hydrogens is 236 g/mol. The topological polar surface area (TPSA) is 29.6 Å². The number of carbonyl (C=O) groups is 1. The molecule has 0 unspecified atom stereocenters. The average molecular weight is 258 g/mol. The summed E-state index contributed by atoms with van der Waals surface area (Å²) in [5.41, 5.74) is 1.08. The summed E-state index contributed by atoms with van der Waals surface area (Å²) < 4.78 is 5.87. The molecule has 2 fully saturated rings. The molecule has 0 aromatic heterocycles. The summed E-state index contributed by atoms with van der Waals surface area (Å²) in [5, 5.41) is 0. The van der Waals surface area contributed by atoms with E-state index in [0.717, 1.165) is 24.8 Å². The van der Waals surface area contributed by atoms with Crippen LogP contribution in [-0.2, 0) is 4.74 Å². The fourth-order valence-corrected chi connectivity index (χ4v) is 3.37. The SMILES string of the molecule is O=C(CCCC[C@]12CCCC[C@H]1O2)c1ccccc1. The zero-order valence-electron chi connectivity index (χ0n) is 11.4. The predicted molar refractivity (Wildman–Crippen MR) is 75.3 cm³/mol.